The molecule has 1 amide bonds. The lowest BCUT2D eigenvalue weighted by molar-refractivity contribution is -0.122. The molecule has 0 aliphatic heterocycles. The van der Waals surface area contributed by atoms with E-state index in [9.17, 15) is 4.79 Å². The molecule has 1 N–H and O–H groups in total. The van der Waals surface area contributed by atoms with Crippen molar-refractivity contribution < 1.29 is 14.3 Å². The molecule has 0 aliphatic rings. The second-order valence-corrected chi connectivity index (χ2v) is 6.96. The molecule has 2 aromatic carbocycles. The summed E-state index contributed by atoms with van der Waals surface area (Å²) in [6.45, 7) is 6.62. The highest BCUT2D eigenvalue weighted by Crippen LogP contribution is 2.30. The zero-order valence-electron chi connectivity index (χ0n) is 17.3. The van der Waals surface area contributed by atoms with E-state index in [-0.39, 0.29) is 5.91 Å². The minimum atomic E-state index is -0.630. The van der Waals surface area contributed by atoms with Gasteiger partial charge in [-0.05, 0) is 61.7 Å². The van der Waals surface area contributed by atoms with Gasteiger partial charge in [-0.1, -0.05) is 32.4 Å². The van der Waals surface area contributed by atoms with Gasteiger partial charge in [-0.2, -0.15) is 0 Å². The Morgan fingerprint density at radius 2 is 1.90 bits per heavy atom. The lowest BCUT2D eigenvalue weighted by Gasteiger charge is -2.17. The molecule has 0 aliphatic carbocycles. The normalized spacial score (nSPS) is 11.8. The van der Waals surface area contributed by atoms with Gasteiger partial charge in [0.25, 0.3) is 5.91 Å². The summed E-state index contributed by atoms with van der Waals surface area (Å²) >= 11 is 0. The standard InChI is InChI=1S/C24H28N2O3/c1-4-6-16-28-22-14-13-21(20-8-7-15-25-23(20)22)26-24(27)17(3)29-19-11-9-18(5-2)10-12-19/h7-15,17H,4-6,16H2,1-3H3,(H,26,27)/t17-/m0/s1. The van der Waals surface area contributed by atoms with E-state index in [2.05, 4.69) is 24.1 Å². The summed E-state index contributed by atoms with van der Waals surface area (Å²) in [5.74, 6) is 1.19. The Labute approximate surface area is 172 Å². The van der Waals surface area contributed by atoms with Gasteiger partial charge in [0.15, 0.2) is 6.10 Å². The largest absolute Gasteiger partial charge is 0.491 e. The molecule has 1 atom stereocenters. The van der Waals surface area contributed by atoms with Crippen molar-refractivity contribution in [1.82, 2.24) is 4.98 Å². The minimum Gasteiger partial charge on any atom is -0.491 e. The molecule has 5 heteroatoms. The van der Waals surface area contributed by atoms with Crippen molar-refractivity contribution in [2.24, 2.45) is 0 Å². The molecule has 0 bridgehead atoms. The van der Waals surface area contributed by atoms with Crippen LogP contribution < -0.4 is 14.8 Å². The van der Waals surface area contributed by atoms with Crippen LogP contribution in [-0.2, 0) is 11.2 Å². The number of aryl methyl sites for hydroxylation is 1. The van der Waals surface area contributed by atoms with Gasteiger partial charge >= 0.3 is 0 Å². The van der Waals surface area contributed by atoms with E-state index in [1.165, 1.54) is 5.56 Å². The second-order valence-electron chi connectivity index (χ2n) is 6.96. The summed E-state index contributed by atoms with van der Waals surface area (Å²) in [6, 6.07) is 15.3. The van der Waals surface area contributed by atoms with E-state index in [0.717, 1.165) is 35.9 Å². The van der Waals surface area contributed by atoms with Gasteiger partial charge in [-0.25, -0.2) is 0 Å². The number of benzene rings is 2. The predicted molar refractivity (Wildman–Crippen MR) is 117 cm³/mol. The van der Waals surface area contributed by atoms with Gasteiger partial charge in [-0.3, -0.25) is 9.78 Å². The van der Waals surface area contributed by atoms with Crippen LogP contribution >= 0.6 is 0 Å². The summed E-state index contributed by atoms with van der Waals surface area (Å²) in [5, 5.41) is 3.80. The number of rotatable bonds is 9. The van der Waals surface area contributed by atoms with Crippen LogP contribution in [0.3, 0.4) is 0 Å². The molecule has 0 radical (unpaired) electrons. The molecule has 152 valence electrons. The number of carbonyl (C=O) groups excluding carboxylic acids is 1. The van der Waals surface area contributed by atoms with E-state index in [1.54, 1.807) is 13.1 Å². The zero-order valence-corrected chi connectivity index (χ0v) is 17.3. The van der Waals surface area contributed by atoms with Crippen molar-refractivity contribution in [3.05, 3.63) is 60.3 Å². The average Bonchev–Trinajstić information content (AvgIpc) is 2.75. The molecule has 0 spiro atoms. The summed E-state index contributed by atoms with van der Waals surface area (Å²) < 4.78 is 11.7. The van der Waals surface area contributed by atoms with Crippen LogP contribution in [0.4, 0.5) is 5.69 Å². The average molecular weight is 392 g/mol. The molecule has 0 saturated heterocycles. The minimum absolute atomic E-state index is 0.214. The first-order valence-corrected chi connectivity index (χ1v) is 10.2. The summed E-state index contributed by atoms with van der Waals surface area (Å²) in [6.07, 6.45) is 4.12. The number of aromatic nitrogens is 1. The molecule has 3 aromatic rings. The van der Waals surface area contributed by atoms with Gasteiger partial charge in [-0.15, -0.1) is 0 Å². The Morgan fingerprint density at radius 3 is 2.62 bits per heavy atom. The molecular formula is C24H28N2O3. The highest BCUT2D eigenvalue weighted by molar-refractivity contribution is 6.04. The Balaban J connectivity index is 1.73. The van der Waals surface area contributed by atoms with Gasteiger partial charge in [0.2, 0.25) is 0 Å². The van der Waals surface area contributed by atoms with Gasteiger partial charge < -0.3 is 14.8 Å². The van der Waals surface area contributed by atoms with Crippen molar-refractivity contribution >= 4 is 22.5 Å². The second kappa shape index (κ2) is 9.92. The number of pyridine rings is 1. The number of carbonyl (C=O) groups is 1. The first-order valence-electron chi connectivity index (χ1n) is 10.2. The van der Waals surface area contributed by atoms with Crippen LogP contribution in [0.15, 0.2) is 54.7 Å². The van der Waals surface area contributed by atoms with E-state index < -0.39 is 6.10 Å². The molecule has 5 nitrogen and oxygen atoms in total. The van der Waals surface area contributed by atoms with Crippen molar-refractivity contribution in [1.29, 1.82) is 0 Å². The monoisotopic (exact) mass is 392 g/mol. The maximum absolute atomic E-state index is 12.7. The highest BCUT2D eigenvalue weighted by atomic mass is 16.5. The smallest absolute Gasteiger partial charge is 0.265 e. The van der Waals surface area contributed by atoms with Crippen LogP contribution in [0.1, 0.15) is 39.2 Å². The van der Waals surface area contributed by atoms with Gasteiger partial charge in [0.1, 0.15) is 17.0 Å². The molecule has 3 rings (SSSR count). The Morgan fingerprint density at radius 1 is 1.10 bits per heavy atom. The molecule has 1 aromatic heterocycles. The van der Waals surface area contributed by atoms with Crippen molar-refractivity contribution in [2.45, 2.75) is 46.1 Å². The topological polar surface area (TPSA) is 60.5 Å². The molecular weight excluding hydrogens is 364 g/mol. The number of hydrogen-bond acceptors (Lipinski definition) is 4. The fourth-order valence-electron chi connectivity index (χ4n) is 2.99. The summed E-state index contributed by atoms with van der Waals surface area (Å²) in [4.78, 5) is 17.1. The third-order valence-corrected chi connectivity index (χ3v) is 4.76. The zero-order chi connectivity index (χ0) is 20.6. The number of fused-ring (bicyclic) bond motifs is 1. The number of amides is 1. The number of hydrogen-bond donors (Lipinski definition) is 1. The SMILES string of the molecule is CCCCOc1ccc(NC(=O)[C@H](C)Oc2ccc(CC)cc2)c2cccnc12. The van der Waals surface area contributed by atoms with E-state index in [4.69, 9.17) is 9.47 Å². The van der Waals surface area contributed by atoms with E-state index >= 15 is 0 Å². The fraction of sp³-hybridized carbons (Fsp3) is 0.333. The van der Waals surface area contributed by atoms with Crippen molar-refractivity contribution in [2.75, 3.05) is 11.9 Å². The number of nitrogens with one attached hydrogen (secondary N) is 1. The maximum atomic E-state index is 12.7. The number of nitrogens with zero attached hydrogens (tertiary/aromatic N) is 1. The first kappa shape index (κ1) is 20.6. The third kappa shape index (κ3) is 5.25. The van der Waals surface area contributed by atoms with Crippen LogP contribution in [0, 0.1) is 0 Å². The predicted octanol–water partition coefficient (Wildman–Crippen LogP) is 5.38. The lowest BCUT2D eigenvalue weighted by Crippen LogP contribution is -2.30. The maximum Gasteiger partial charge on any atom is 0.265 e. The van der Waals surface area contributed by atoms with E-state index in [1.807, 2.05) is 48.5 Å². The van der Waals surface area contributed by atoms with Crippen molar-refractivity contribution in [3.8, 4) is 11.5 Å². The Hall–Kier alpha value is -3.08. The van der Waals surface area contributed by atoms with Crippen molar-refractivity contribution in [3.63, 3.8) is 0 Å². The molecule has 29 heavy (non-hydrogen) atoms. The summed E-state index contributed by atoms with van der Waals surface area (Å²) in [5.41, 5.74) is 2.66. The van der Waals surface area contributed by atoms with Crippen LogP contribution in [-0.4, -0.2) is 23.6 Å². The van der Waals surface area contributed by atoms with E-state index in [0.29, 0.717) is 18.0 Å². The van der Waals surface area contributed by atoms with Crippen LogP contribution in [0.25, 0.3) is 10.9 Å². The van der Waals surface area contributed by atoms with Gasteiger partial charge in [0.05, 0.1) is 12.3 Å². The molecule has 0 unspecified atom stereocenters. The number of ether oxygens (including phenoxy) is 2. The third-order valence-electron chi connectivity index (χ3n) is 4.76. The number of anilines is 1. The molecule has 0 saturated carbocycles. The molecule has 0 fully saturated rings. The molecule has 1 heterocycles. The summed E-state index contributed by atoms with van der Waals surface area (Å²) in [7, 11) is 0. The van der Waals surface area contributed by atoms with Gasteiger partial charge in [0, 0.05) is 11.6 Å². The first-order chi connectivity index (χ1) is 14.1. The van der Waals surface area contributed by atoms with Crippen LogP contribution in [0.5, 0.6) is 11.5 Å². The highest BCUT2D eigenvalue weighted by Gasteiger charge is 2.17. The fourth-order valence-corrected chi connectivity index (χ4v) is 2.99. The quantitative estimate of drug-likeness (QED) is 0.497. The lowest BCUT2D eigenvalue weighted by atomic mass is 10.1. The van der Waals surface area contributed by atoms with Crippen LogP contribution in [0.2, 0.25) is 0 Å². The number of unbranched alkanes of at least 4 members (excludes halogenated alkanes) is 1. The Kier molecular flexibility index (Phi) is 7.06. The Bertz CT molecular complexity index is 954.